The van der Waals surface area contributed by atoms with Crippen LogP contribution in [0, 0.1) is 0 Å². The van der Waals surface area contributed by atoms with Crippen LogP contribution in [0.4, 0.5) is 0 Å². The van der Waals surface area contributed by atoms with Crippen molar-refractivity contribution in [3.63, 3.8) is 0 Å². The molecule has 0 spiro atoms. The molecule has 0 N–H and O–H groups in total. The largest absolute Gasteiger partial charge is 0.339 e. The predicted octanol–water partition coefficient (Wildman–Crippen LogP) is 2.25. The highest BCUT2D eigenvalue weighted by Gasteiger charge is 2.11. The third-order valence-corrected chi connectivity index (χ3v) is 4.31. The minimum absolute atomic E-state index is 0.146. The average molecular weight is 331 g/mol. The molecule has 0 saturated heterocycles. The van der Waals surface area contributed by atoms with Gasteiger partial charge in [0.2, 0.25) is 11.1 Å². The molecule has 0 aliphatic rings. The van der Waals surface area contributed by atoms with Gasteiger partial charge in [-0.1, -0.05) is 54.2 Å². The monoisotopic (exact) mass is 331 g/mol. The lowest BCUT2D eigenvalue weighted by molar-refractivity contribution is -0.130. The fraction of sp³-hybridized carbons (Fsp3) is 0.375. The molecule has 122 valence electrons. The van der Waals surface area contributed by atoms with Gasteiger partial charge in [0.1, 0.15) is 0 Å². The van der Waals surface area contributed by atoms with E-state index >= 15 is 0 Å². The van der Waals surface area contributed by atoms with Gasteiger partial charge in [-0.05, 0) is 22.9 Å². The highest BCUT2D eigenvalue weighted by atomic mass is 32.2. The highest BCUT2D eigenvalue weighted by molar-refractivity contribution is 7.99. The minimum atomic E-state index is 0.146. The maximum Gasteiger partial charge on any atom is 0.223 e. The molecule has 0 aliphatic carbocycles. The van der Waals surface area contributed by atoms with Crippen molar-refractivity contribution in [2.75, 3.05) is 18.8 Å². The molecule has 7 heteroatoms. The third-order valence-electron chi connectivity index (χ3n) is 3.30. The van der Waals surface area contributed by atoms with E-state index in [4.69, 9.17) is 0 Å². The van der Waals surface area contributed by atoms with Crippen LogP contribution in [-0.4, -0.2) is 49.9 Å². The zero-order valence-corrected chi connectivity index (χ0v) is 14.2. The predicted molar refractivity (Wildman–Crippen MR) is 91.9 cm³/mol. The van der Waals surface area contributed by atoms with E-state index in [9.17, 15) is 4.79 Å². The second-order valence-corrected chi connectivity index (χ2v) is 5.99. The number of amides is 1. The summed E-state index contributed by atoms with van der Waals surface area (Å²) in [6, 6.07) is 10.1. The molecule has 0 atom stereocenters. The summed E-state index contributed by atoms with van der Waals surface area (Å²) in [5, 5.41) is 12.0. The number of hydrogen-bond donors (Lipinski definition) is 0. The quantitative estimate of drug-likeness (QED) is 0.694. The Morgan fingerprint density at radius 3 is 2.78 bits per heavy atom. The van der Waals surface area contributed by atoms with Gasteiger partial charge in [0, 0.05) is 32.3 Å². The molecule has 2 rings (SSSR count). The Labute approximate surface area is 140 Å². The Kier molecular flexibility index (Phi) is 6.80. The number of nitrogens with zero attached hydrogens (tertiary/aromatic N) is 5. The number of carbonyl (C=O) groups excluding carboxylic acids is 1. The number of rotatable bonds is 8. The molecule has 6 nitrogen and oxygen atoms in total. The van der Waals surface area contributed by atoms with Crippen molar-refractivity contribution < 1.29 is 4.79 Å². The summed E-state index contributed by atoms with van der Waals surface area (Å²) >= 11 is 1.49. The molecule has 0 radical (unpaired) electrons. The molecule has 0 saturated carbocycles. The molecule has 0 unspecified atom stereocenters. The lowest BCUT2D eigenvalue weighted by atomic mass is 10.2. The SMILES string of the molecule is CCN(C/C=C/c1ccccc1)C(=O)CCSc1nnnn1C. The Hall–Kier alpha value is -2.15. The van der Waals surface area contributed by atoms with Gasteiger partial charge in [-0.15, -0.1) is 5.10 Å². The Bertz CT molecular complexity index is 641. The molecule has 1 heterocycles. The maximum absolute atomic E-state index is 12.3. The first-order valence-corrected chi connectivity index (χ1v) is 8.53. The second kappa shape index (κ2) is 9.09. The van der Waals surface area contributed by atoms with Crippen LogP contribution >= 0.6 is 11.8 Å². The number of tetrazole rings is 1. The minimum Gasteiger partial charge on any atom is -0.339 e. The molecule has 0 bridgehead atoms. The topological polar surface area (TPSA) is 63.9 Å². The smallest absolute Gasteiger partial charge is 0.223 e. The molecule has 23 heavy (non-hydrogen) atoms. The summed E-state index contributed by atoms with van der Waals surface area (Å²) in [6.45, 7) is 3.32. The van der Waals surface area contributed by atoms with E-state index in [1.807, 2.05) is 54.3 Å². The van der Waals surface area contributed by atoms with Gasteiger partial charge in [-0.2, -0.15) is 0 Å². The first kappa shape index (κ1) is 17.2. The molecule has 0 fully saturated rings. The summed E-state index contributed by atoms with van der Waals surface area (Å²) in [7, 11) is 1.79. The Morgan fingerprint density at radius 1 is 1.35 bits per heavy atom. The summed E-state index contributed by atoms with van der Waals surface area (Å²) in [6.07, 6.45) is 4.54. The van der Waals surface area contributed by atoms with Gasteiger partial charge < -0.3 is 4.90 Å². The molecule has 1 amide bonds. The maximum atomic E-state index is 12.3. The molecule has 0 aliphatic heterocycles. The normalized spacial score (nSPS) is 11.0. The Morgan fingerprint density at radius 2 is 2.13 bits per heavy atom. The fourth-order valence-electron chi connectivity index (χ4n) is 2.02. The van der Waals surface area contributed by atoms with Crippen molar-refractivity contribution in [3.05, 3.63) is 42.0 Å². The molecular weight excluding hydrogens is 310 g/mol. The van der Waals surface area contributed by atoms with Gasteiger partial charge in [-0.25, -0.2) is 4.68 Å². The van der Waals surface area contributed by atoms with Crippen LogP contribution in [0.5, 0.6) is 0 Å². The van der Waals surface area contributed by atoms with E-state index in [1.165, 1.54) is 11.8 Å². The lowest BCUT2D eigenvalue weighted by Crippen LogP contribution is -2.31. The van der Waals surface area contributed by atoms with E-state index in [2.05, 4.69) is 15.5 Å². The zero-order valence-electron chi connectivity index (χ0n) is 13.4. The summed E-state index contributed by atoms with van der Waals surface area (Å²) in [5.74, 6) is 0.819. The number of thioether (sulfide) groups is 1. The molecule has 1 aromatic heterocycles. The van der Waals surface area contributed by atoms with Crippen molar-refractivity contribution in [1.29, 1.82) is 0 Å². The van der Waals surface area contributed by atoms with Crippen LogP contribution in [0.25, 0.3) is 6.08 Å². The van der Waals surface area contributed by atoms with Crippen molar-refractivity contribution in [2.24, 2.45) is 7.05 Å². The number of aryl methyl sites for hydroxylation is 1. The third kappa shape index (κ3) is 5.52. The van der Waals surface area contributed by atoms with E-state index in [1.54, 1.807) is 11.7 Å². The molecule has 1 aromatic carbocycles. The number of benzene rings is 1. The van der Waals surface area contributed by atoms with Crippen molar-refractivity contribution >= 4 is 23.7 Å². The van der Waals surface area contributed by atoms with E-state index in [0.717, 1.165) is 10.7 Å². The number of hydrogen-bond acceptors (Lipinski definition) is 5. The van der Waals surface area contributed by atoms with Crippen molar-refractivity contribution in [1.82, 2.24) is 25.1 Å². The number of likely N-dealkylation sites (N-methyl/N-ethyl adjacent to an activating group) is 1. The first-order chi connectivity index (χ1) is 11.2. The second-order valence-electron chi connectivity index (χ2n) is 4.93. The van der Waals surface area contributed by atoms with E-state index in [0.29, 0.717) is 25.3 Å². The highest BCUT2D eigenvalue weighted by Crippen LogP contribution is 2.14. The Balaban J connectivity index is 1.77. The van der Waals surface area contributed by atoms with Crippen molar-refractivity contribution in [2.45, 2.75) is 18.5 Å². The van der Waals surface area contributed by atoms with Gasteiger partial charge in [-0.3, -0.25) is 4.79 Å². The van der Waals surface area contributed by atoms with Crippen LogP contribution in [0.2, 0.25) is 0 Å². The summed E-state index contributed by atoms with van der Waals surface area (Å²) in [5.41, 5.74) is 1.14. The van der Waals surface area contributed by atoms with E-state index < -0.39 is 0 Å². The first-order valence-electron chi connectivity index (χ1n) is 7.55. The van der Waals surface area contributed by atoms with Crippen LogP contribution in [0.3, 0.4) is 0 Å². The number of aromatic nitrogens is 4. The van der Waals surface area contributed by atoms with Crippen LogP contribution in [-0.2, 0) is 11.8 Å². The summed E-state index contributed by atoms with van der Waals surface area (Å²) in [4.78, 5) is 14.1. The van der Waals surface area contributed by atoms with E-state index in [-0.39, 0.29) is 5.91 Å². The van der Waals surface area contributed by atoms with Crippen LogP contribution < -0.4 is 0 Å². The van der Waals surface area contributed by atoms with Gasteiger partial charge in [0.25, 0.3) is 0 Å². The van der Waals surface area contributed by atoms with Crippen LogP contribution in [0.1, 0.15) is 18.9 Å². The van der Waals surface area contributed by atoms with Crippen LogP contribution in [0.15, 0.2) is 41.6 Å². The molecule has 2 aromatic rings. The van der Waals surface area contributed by atoms with Gasteiger partial charge >= 0.3 is 0 Å². The van der Waals surface area contributed by atoms with Gasteiger partial charge in [0.05, 0.1) is 0 Å². The lowest BCUT2D eigenvalue weighted by Gasteiger charge is -2.18. The average Bonchev–Trinajstić information content (AvgIpc) is 2.98. The number of carbonyl (C=O) groups is 1. The standard InChI is InChI=1S/C16H21N5OS/c1-3-21(12-7-10-14-8-5-4-6-9-14)15(22)11-13-23-16-17-18-19-20(16)2/h4-10H,3,11-13H2,1-2H3/b10-7+. The molecular formula is C16H21N5OS. The fourth-order valence-corrected chi connectivity index (χ4v) is 2.80. The van der Waals surface area contributed by atoms with Gasteiger partial charge in [0.15, 0.2) is 0 Å². The van der Waals surface area contributed by atoms with Crippen molar-refractivity contribution in [3.8, 4) is 0 Å². The summed E-state index contributed by atoms with van der Waals surface area (Å²) < 4.78 is 1.61. The zero-order chi connectivity index (χ0) is 16.5.